The molecule has 102 valence electrons. The van der Waals surface area contributed by atoms with Crippen LogP contribution in [0.15, 0.2) is 24.3 Å². The summed E-state index contributed by atoms with van der Waals surface area (Å²) in [5.74, 6) is 0.471. The van der Waals surface area contributed by atoms with Crippen LogP contribution < -0.4 is 5.32 Å². The molecule has 1 aromatic heterocycles. The maximum Gasteiger partial charge on any atom is 0.240 e. The van der Waals surface area contributed by atoms with Gasteiger partial charge >= 0.3 is 0 Å². The van der Waals surface area contributed by atoms with Crippen molar-refractivity contribution in [3.63, 3.8) is 0 Å². The lowest BCUT2D eigenvalue weighted by molar-refractivity contribution is -0.121. The van der Waals surface area contributed by atoms with Crippen LogP contribution >= 0.6 is 0 Å². The molecule has 19 heavy (non-hydrogen) atoms. The highest BCUT2D eigenvalue weighted by atomic mass is 16.3. The van der Waals surface area contributed by atoms with E-state index in [2.05, 4.69) is 17.2 Å². The summed E-state index contributed by atoms with van der Waals surface area (Å²) in [6, 6.07) is 7.57. The third-order valence-corrected chi connectivity index (χ3v) is 3.03. The van der Waals surface area contributed by atoms with Crippen molar-refractivity contribution in [2.45, 2.75) is 32.9 Å². The number of carbonyl (C=O) groups excluding carboxylic acids is 1. The van der Waals surface area contributed by atoms with Gasteiger partial charge in [0.05, 0.1) is 11.0 Å². The summed E-state index contributed by atoms with van der Waals surface area (Å²) in [7, 11) is 0. The number of nitrogens with one attached hydrogen (secondary N) is 1. The second kappa shape index (κ2) is 6.33. The van der Waals surface area contributed by atoms with E-state index in [1.807, 2.05) is 24.3 Å². The molecule has 0 saturated carbocycles. The first-order valence-corrected chi connectivity index (χ1v) is 6.58. The maximum absolute atomic E-state index is 11.9. The van der Waals surface area contributed by atoms with E-state index in [1.54, 1.807) is 4.57 Å². The highest BCUT2D eigenvalue weighted by Gasteiger charge is 2.12. The van der Waals surface area contributed by atoms with E-state index < -0.39 is 0 Å². The lowest BCUT2D eigenvalue weighted by Gasteiger charge is -2.08. The Morgan fingerprint density at radius 3 is 2.95 bits per heavy atom. The minimum Gasteiger partial charge on any atom is -0.388 e. The number of carbonyl (C=O) groups is 1. The van der Waals surface area contributed by atoms with Gasteiger partial charge in [0, 0.05) is 6.54 Å². The molecule has 0 atom stereocenters. The topological polar surface area (TPSA) is 67.2 Å². The van der Waals surface area contributed by atoms with Crippen LogP contribution in [0.1, 0.15) is 25.6 Å². The minimum absolute atomic E-state index is 0.0497. The van der Waals surface area contributed by atoms with E-state index in [0.717, 1.165) is 23.9 Å². The molecule has 0 bridgehead atoms. The van der Waals surface area contributed by atoms with E-state index in [1.165, 1.54) is 0 Å². The van der Waals surface area contributed by atoms with Crippen LogP contribution in [0.3, 0.4) is 0 Å². The molecule has 0 saturated heterocycles. The molecule has 1 heterocycles. The largest absolute Gasteiger partial charge is 0.388 e. The molecule has 2 rings (SSSR count). The second-order valence-electron chi connectivity index (χ2n) is 4.46. The van der Waals surface area contributed by atoms with Gasteiger partial charge in [-0.15, -0.1) is 0 Å². The lowest BCUT2D eigenvalue weighted by atomic mass is 10.3. The van der Waals surface area contributed by atoms with Gasteiger partial charge in [0.15, 0.2) is 0 Å². The van der Waals surface area contributed by atoms with Crippen molar-refractivity contribution in [1.82, 2.24) is 14.9 Å². The number of imidazole rings is 1. The summed E-state index contributed by atoms with van der Waals surface area (Å²) in [6.45, 7) is 2.80. The fourth-order valence-electron chi connectivity index (χ4n) is 2.03. The molecule has 2 N–H and O–H groups in total. The monoisotopic (exact) mass is 261 g/mol. The molecule has 0 aliphatic carbocycles. The number of aliphatic hydroxyl groups is 1. The number of aromatic nitrogens is 2. The van der Waals surface area contributed by atoms with Gasteiger partial charge in [-0.05, 0) is 18.6 Å². The number of aliphatic hydroxyl groups excluding tert-OH is 1. The SMILES string of the molecule is CCCCNC(=O)Cn1c(CO)nc2ccccc21. The molecule has 0 spiro atoms. The van der Waals surface area contributed by atoms with Gasteiger partial charge in [0.2, 0.25) is 5.91 Å². The van der Waals surface area contributed by atoms with Gasteiger partial charge in [-0.2, -0.15) is 0 Å². The predicted molar refractivity (Wildman–Crippen MR) is 73.6 cm³/mol. The molecule has 5 heteroatoms. The van der Waals surface area contributed by atoms with Crippen LogP contribution in [0, 0.1) is 0 Å². The van der Waals surface area contributed by atoms with Gasteiger partial charge in [-0.3, -0.25) is 4.79 Å². The Bertz CT molecular complexity index is 563. The summed E-state index contributed by atoms with van der Waals surface area (Å²) in [4.78, 5) is 16.2. The zero-order valence-corrected chi connectivity index (χ0v) is 11.1. The highest BCUT2D eigenvalue weighted by Crippen LogP contribution is 2.15. The number of para-hydroxylation sites is 2. The van der Waals surface area contributed by atoms with Gasteiger partial charge in [-0.25, -0.2) is 4.98 Å². The molecule has 0 radical (unpaired) electrons. The van der Waals surface area contributed by atoms with Crippen molar-refractivity contribution in [3.8, 4) is 0 Å². The van der Waals surface area contributed by atoms with E-state index in [4.69, 9.17) is 0 Å². The molecule has 0 aliphatic rings. The Morgan fingerprint density at radius 2 is 2.21 bits per heavy atom. The third kappa shape index (κ3) is 3.12. The van der Waals surface area contributed by atoms with E-state index in [-0.39, 0.29) is 19.1 Å². The van der Waals surface area contributed by atoms with Gasteiger partial charge in [0.25, 0.3) is 0 Å². The zero-order chi connectivity index (χ0) is 13.7. The van der Waals surface area contributed by atoms with Gasteiger partial charge < -0.3 is 15.0 Å². The summed E-state index contributed by atoms with van der Waals surface area (Å²) in [5.41, 5.74) is 1.67. The smallest absolute Gasteiger partial charge is 0.240 e. The normalized spacial score (nSPS) is 10.8. The first kappa shape index (κ1) is 13.5. The first-order valence-electron chi connectivity index (χ1n) is 6.58. The fraction of sp³-hybridized carbons (Fsp3) is 0.429. The number of benzene rings is 1. The van der Waals surface area contributed by atoms with Crippen molar-refractivity contribution < 1.29 is 9.90 Å². The molecule has 5 nitrogen and oxygen atoms in total. The third-order valence-electron chi connectivity index (χ3n) is 3.03. The Labute approximate surface area is 112 Å². The van der Waals surface area contributed by atoms with Crippen LogP contribution in [0.5, 0.6) is 0 Å². The van der Waals surface area contributed by atoms with Crippen molar-refractivity contribution in [3.05, 3.63) is 30.1 Å². The van der Waals surface area contributed by atoms with Crippen LogP contribution in [-0.4, -0.2) is 27.1 Å². The minimum atomic E-state index is -0.170. The number of unbranched alkanes of at least 4 members (excludes halogenated alkanes) is 1. The molecular weight excluding hydrogens is 242 g/mol. The van der Waals surface area contributed by atoms with Crippen LogP contribution in [-0.2, 0) is 17.9 Å². The summed E-state index contributed by atoms with van der Waals surface area (Å²) >= 11 is 0. The number of nitrogens with zero attached hydrogens (tertiary/aromatic N) is 2. The summed E-state index contributed by atoms with van der Waals surface area (Å²) in [6.07, 6.45) is 2.03. The standard InChI is InChI=1S/C14H19N3O2/c1-2-3-8-15-14(19)9-17-12-7-5-4-6-11(12)16-13(17)10-18/h4-7,18H,2-3,8-10H2,1H3,(H,15,19). The molecule has 2 aromatic rings. The van der Waals surface area contributed by atoms with Crippen LogP contribution in [0.4, 0.5) is 0 Å². The highest BCUT2D eigenvalue weighted by molar-refractivity contribution is 5.81. The predicted octanol–water partition coefficient (Wildman–Crippen LogP) is 1.44. The van der Waals surface area contributed by atoms with E-state index >= 15 is 0 Å². The maximum atomic E-state index is 11.9. The van der Waals surface area contributed by atoms with Gasteiger partial charge in [-0.1, -0.05) is 25.5 Å². The molecule has 0 fully saturated rings. The van der Waals surface area contributed by atoms with Crippen molar-refractivity contribution in [2.75, 3.05) is 6.54 Å². The zero-order valence-electron chi connectivity index (χ0n) is 11.1. The van der Waals surface area contributed by atoms with Crippen molar-refractivity contribution in [1.29, 1.82) is 0 Å². The summed E-state index contributed by atoms with van der Waals surface area (Å²) < 4.78 is 1.76. The molecule has 0 aliphatic heterocycles. The Kier molecular flexibility index (Phi) is 4.52. The Morgan fingerprint density at radius 1 is 1.42 bits per heavy atom. The molecule has 0 unspecified atom stereocenters. The number of hydrogen-bond donors (Lipinski definition) is 2. The van der Waals surface area contributed by atoms with Crippen LogP contribution in [0.2, 0.25) is 0 Å². The van der Waals surface area contributed by atoms with Crippen molar-refractivity contribution in [2.24, 2.45) is 0 Å². The Balaban J connectivity index is 2.16. The quantitative estimate of drug-likeness (QED) is 0.773. The van der Waals surface area contributed by atoms with Crippen LogP contribution in [0.25, 0.3) is 11.0 Å². The van der Waals surface area contributed by atoms with E-state index in [0.29, 0.717) is 12.4 Å². The average Bonchev–Trinajstić information content (AvgIpc) is 2.77. The fourth-order valence-corrected chi connectivity index (χ4v) is 2.03. The summed E-state index contributed by atoms with van der Waals surface area (Å²) in [5, 5.41) is 12.2. The van der Waals surface area contributed by atoms with Crippen molar-refractivity contribution >= 4 is 16.9 Å². The number of amides is 1. The molecular formula is C14H19N3O2. The first-order chi connectivity index (χ1) is 9.26. The lowest BCUT2D eigenvalue weighted by Crippen LogP contribution is -2.29. The van der Waals surface area contributed by atoms with E-state index in [9.17, 15) is 9.90 Å². The second-order valence-corrected chi connectivity index (χ2v) is 4.46. The number of hydrogen-bond acceptors (Lipinski definition) is 3. The number of rotatable bonds is 6. The molecule has 1 aromatic carbocycles. The Hall–Kier alpha value is -1.88. The molecule has 1 amide bonds. The average molecular weight is 261 g/mol. The van der Waals surface area contributed by atoms with Gasteiger partial charge in [0.1, 0.15) is 19.0 Å². The number of fused-ring (bicyclic) bond motifs is 1.